The van der Waals surface area contributed by atoms with E-state index in [1.165, 1.54) is 18.0 Å². The van der Waals surface area contributed by atoms with Gasteiger partial charge in [-0.25, -0.2) is 14.8 Å². The molecular formula is C22H19N3O4S. The lowest BCUT2D eigenvalue weighted by atomic mass is 9.98. The monoisotopic (exact) mass is 421 g/mol. The first-order valence-electron chi connectivity index (χ1n) is 9.30. The number of aromatic nitrogens is 2. The molecule has 1 amide bonds. The number of nitrogens with one attached hydrogen (secondary N) is 1. The molecule has 2 N–H and O–H groups in total. The molecule has 1 aliphatic rings. The first kappa shape index (κ1) is 19.9. The zero-order valence-corrected chi connectivity index (χ0v) is 17.0. The zero-order chi connectivity index (χ0) is 21.1. The van der Waals surface area contributed by atoms with Crippen molar-refractivity contribution in [2.45, 2.75) is 17.5 Å². The van der Waals surface area contributed by atoms with Crippen LogP contribution >= 0.6 is 11.8 Å². The predicted octanol–water partition coefficient (Wildman–Crippen LogP) is 4.19. The number of hydrogen-bond donors (Lipinski definition) is 2. The lowest BCUT2D eigenvalue weighted by Gasteiger charge is -2.15. The Morgan fingerprint density at radius 1 is 1.10 bits per heavy atom. The van der Waals surface area contributed by atoms with Gasteiger partial charge in [0.25, 0.3) is 0 Å². The molecule has 1 heterocycles. The van der Waals surface area contributed by atoms with Crippen molar-refractivity contribution in [1.29, 1.82) is 0 Å². The number of benzene rings is 2. The third-order valence-corrected chi connectivity index (χ3v) is 5.49. The van der Waals surface area contributed by atoms with Crippen molar-refractivity contribution >= 4 is 29.6 Å². The van der Waals surface area contributed by atoms with Crippen LogP contribution < -0.4 is 5.32 Å². The number of carboxylic acids is 1. The summed E-state index contributed by atoms with van der Waals surface area (Å²) in [5.41, 5.74) is 4.83. The number of amides is 1. The topological polar surface area (TPSA) is 101 Å². The summed E-state index contributed by atoms with van der Waals surface area (Å²) in [6, 6.07) is 16.2. The second-order valence-corrected chi connectivity index (χ2v) is 7.53. The van der Waals surface area contributed by atoms with Gasteiger partial charge < -0.3 is 9.84 Å². The Morgan fingerprint density at radius 3 is 2.33 bits per heavy atom. The van der Waals surface area contributed by atoms with Gasteiger partial charge in [0.2, 0.25) is 0 Å². The standard InChI is InChI=1S/C22H19N3O4S/c1-30-21-23-11-13(10-19(26)27)20(24-21)25-22(28)29-12-18-16-8-4-2-6-14(16)15-7-3-5-9-17(15)18/h2-9,11,18H,10,12H2,1H3,(H,26,27)(H,23,24,25,28). The number of nitrogens with zero attached hydrogens (tertiary/aromatic N) is 2. The van der Waals surface area contributed by atoms with Crippen molar-refractivity contribution in [2.24, 2.45) is 0 Å². The fourth-order valence-corrected chi connectivity index (χ4v) is 3.96. The van der Waals surface area contributed by atoms with Crippen LogP contribution in [0.1, 0.15) is 22.6 Å². The van der Waals surface area contributed by atoms with Crippen LogP contribution in [0.2, 0.25) is 0 Å². The third kappa shape index (κ3) is 3.99. The first-order valence-corrected chi connectivity index (χ1v) is 10.5. The molecule has 4 rings (SSSR count). The molecule has 0 unspecified atom stereocenters. The maximum Gasteiger partial charge on any atom is 0.412 e. The summed E-state index contributed by atoms with van der Waals surface area (Å²) < 4.78 is 5.51. The molecule has 1 aromatic heterocycles. The van der Waals surface area contributed by atoms with Gasteiger partial charge in [0.05, 0.1) is 6.42 Å². The third-order valence-electron chi connectivity index (χ3n) is 4.93. The number of hydrogen-bond acceptors (Lipinski definition) is 6. The van der Waals surface area contributed by atoms with E-state index >= 15 is 0 Å². The van der Waals surface area contributed by atoms with Gasteiger partial charge in [-0.3, -0.25) is 10.1 Å². The van der Waals surface area contributed by atoms with E-state index in [2.05, 4.69) is 27.4 Å². The molecule has 30 heavy (non-hydrogen) atoms. The molecule has 8 heteroatoms. The lowest BCUT2D eigenvalue weighted by molar-refractivity contribution is -0.136. The van der Waals surface area contributed by atoms with Gasteiger partial charge in [-0.1, -0.05) is 60.3 Å². The van der Waals surface area contributed by atoms with Crippen molar-refractivity contribution in [3.05, 3.63) is 71.4 Å². The van der Waals surface area contributed by atoms with Crippen LogP contribution in [-0.2, 0) is 16.0 Å². The fourth-order valence-electron chi connectivity index (χ4n) is 3.62. The highest BCUT2D eigenvalue weighted by molar-refractivity contribution is 7.98. The van der Waals surface area contributed by atoms with E-state index in [4.69, 9.17) is 9.84 Å². The Hall–Kier alpha value is -3.39. The van der Waals surface area contributed by atoms with Gasteiger partial charge in [-0.15, -0.1) is 0 Å². The van der Waals surface area contributed by atoms with Gasteiger partial charge in [0.15, 0.2) is 5.16 Å². The Morgan fingerprint density at radius 2 is 1.73 bits per heavy atom. The van der Waals surface area contributed by atoms with Gasteiger partial charge in [-0.05, 0) is 28.5 Å². The molecule has 0 saturated carbocycles. The van der Waals surface area contributed by atoms with Crippen LogP contribution in [0.25, 0.3) is 11.1 Å². The highest BCUT2D eigenvalue weighted by Gasteiger charge is 2.29. The van der Waals surface area contributed by atoms with E-state index in [1.54, 1.807) is 6.26 Å². The van der Waals surface area contributed by atoms with Crippen molar-refractivity contribution in [2.75, 3.05) is 18.2 Å². The molecule has 152 valence electrons. The Kier molecular flexibility index (Phi) is 5.67. The number of carbonyl (C=O) groups is 2. The van der Waals surface area contributed by atoms with Crippen LogP contribution in [-0.4, -0.2) is 40.0 Å². The molecule has 0 atom stereocenters. The number of thioether (sulfide) groups is 1. The lowest BCUT2D eigenvalue weighted by Crippen LogP contribution is -2.20. The fraction of sp³-hybridized carbons (Fsp3) is 0.182. The number of anilines is 1. The molecular weight excluding hydrogens is 402 g/mol. The Balaban J connectivity index is 1.50. The minimum absolute atomic E-state index is 0.0613. The first-order chi connectivity index (χ1) is 14.6. The average molecular weight is 421 g/mol. The minimum atomic E-state index is -1.04. The van der Waals surface area contributed by atoms with E-state index in [9.17, 15) is 9.59 Å². The van der Waals surface area contributed by atoms with Crippen LogP contribution in [0.15, 0.2) is 59.9 Å². The number of aliphatic carboxylic acids is 1. The summed E-state index contributed by atoms with van der Waals surface area (Å²) in [4.78, 5) is 31.9. The van der Waals surface area contributed by atoms with Crippen LogP contribution in [0.3, 0.4) is 0 Å². The van der Waals surface area contributed by atoms with Crippen LogP contribution in [0.5, 0.6) is 0 Å². The molecule has 7 nitrogen and oxygen atoms in total. The van der Waals surface area contributed by atoms with Crippen LogP contribution in [0, 0.1) is 0 Å². The number of fused-ring (bicyclic) bond motifs is 3. The molecule has 0 bridgehead atoms. The number of carbonyl (C=O) groups excluding carboxylic acids is 1. The number of rotatable bonds is 6. The highest BCUT2D eigenvalue weighted by atomic mass is 32.2. The van der Waals surface area contributed by atoms with E-state index < -0.39 is 12.1 Å². The molecule has 3 aromatic rings. The van der Waals surface area contributed by atoms with E-state index in [0.29, 0.717) is 10.7 Å². The maximum absolute atomic E-state index is 12.5. The van der Waals surface area contributed by atoms with E-state index in [1.807, 2.05) is 36.4 Å². The predicted molar refractivity (Wildman–Crippen MR) is 114 cm³/mol. The van der Waals surface area contributed by atoms with Gasteiger partial charge >= 0.3 is 12.1 Å². The normalized spacial score (nSPS) is 12.2. The SMILES string of the molecule is CSc1ncc(CC(=O)O)c(NC(=O)OCC2c3ccccc3-c3ccccc32)n1. The second kappa shape index (κ2) is 8.54. The summed E-state index contributed by atoms with van der Waals surface area (Å²) >= 11 is 1.29. The molecule has 0 aliphatic heterocycles. The van der Waals surface area contributed by atoms with E-state index in [-0.39, 0.29) is 24.8 Å². The Bertz CT molecular complexity index is 1070. The van der Waals surface area contributed by atoms with Gasteiger partial charge in [-0.2, -0.15) is 0 Å². The minimum Gasteiger partial charge on any atom is -0.481 e. The van der Waals surface area contributed by atoms with Crippen molar-refractivity contribution in [1.82, 2.24) is 9.97 Å². The largest absolute Gasteiger partial charge is 0.481 e. The quantitative estimate of drug-likeness (QED) is 0.455. The van der Waals surface area contributed by atoms with Crippen LogP contribution in [0.4, 0.5) is 10.6 Å². The summed E-state index contributed by atoms with van der Waals surface area (Å²) in [6.07, 6.45) is 2.22. The molecule has 0 saturated heterocycles. The van der Waals surface area contributed by atoms with Crippen molar-refractivity contribution < 1.29 is 19.4 Å². The Labute approximate surface area is 177 Å². The zero-order valence-electron chi connectivity index (χ0n) is 16.2. The maximum atomic E-state index is 12.5. The van der Waals surface area contributed by atoms with Crippen molar-refractivity contribution in [3.8, 4) is 11.1 Å². The molecule has 2 aromatic carbocycles. The molecule has 0 fully saturated rings. The van der Waals surface area contributed by atoms with Gasteiger partial charge in [0.1, 0.15) is 12.4 Å². The summed E-state index contributed by atoms with van der Waals surface area (Å²) in [6.45, 7) is 0.161. The highest BCUT2D eigenvalue weighted by Crippen LogP contribution is 2.44. The molecule has 1 aliphatic carbocycles. The van der Waals surface area contributed by atoms with E-state index in [0.717, 1.165) is 22.3 Å². The molecule has 0 radical (unpaired) electrons. The average Bonchev–Trinajstić information content (AvgIpc) is 3.07. The summed E-state index contributed by atoms with van der Waals surface area (Å²) in [5.74, 6) is -0.950. The van der Waals surface area contributed by atoms with Gasteiger partial charge in [0, 0.05) is 17.7 Å². The van der Waals surface area contributed by atoms with Crippen molar-refractivity contribution in [3.63, 3.8) is 0 Å². The summed E-state index contributed by atoms with van der Waals surface area (Å²) in [5, 5.41) is 12.1. The number of carboxylic acid groups (broad SMARTS) is 1. The smallest absolute Gasteiger partial charge is 0.412 e. The number of ether oxygens (including phenoxy) is 1. The molecule has 0 spiro atoms. The summed E-state index contributed by atoms with van der Waals surface area (Å²) in [7, 11) is 0. The second-order valence-electron chi connectivity index (χ2n) is 6.75.